The van der Waals surface area contributed by atoms with E-state index in [0.717, 1.165) is 24.2 Å². The van der Waals surface area contributed by atoms with Crippen molar-refractivity contribution in [3.63, 3.8) is 0 Å². The van der Waals surface area contributed by atoms with Crippen LogP contribution >= 0.6 is 0 Å². The van der Waals surface area contributed by atoms with Gasteiger partial charge in [-0.25, -0.2) is 0 Å². The van der Waals surface area contributed by atoms with E-state index in [1.807, 2.05) is 41.5 Å². The Balaban J connectivity index is 5.60. The Morgan fingerprint density at radius 3 is 0.564 bits per heavy atom. The Hall–Kier alpha value is 1.65. The van der Waals surface area contributed by atoms with Crippen LogP contribution in [-0.2, 0) is 55.4 Å². The topological polar surface area (TPSA) is 120 Å². The SMILES string of the molecule is CCO[Si](CC[Si](C)(C)O[Si](C)(C)O[Si](C)(C)O[Si](C)(C)O[Si](C)(C)O[Si](C)(C)O[Si](C)(C)O[Si](C)(C)CC[Si](OCC)(OCC)OCC)(OCC)OCC. The average Bonchev–Trinajstić information content (AvgIpc) is 2.91. The van der Waals surface area contributed by atoms with Crippen molar-refractivity contribution < 1.29 is 55.4 Å². The minimum Gasteiger partial charge on any atom is -0.436 e. The Bertz CT molecular complexity index is 983. The monoisotopic (exact) mass is 958 g/mol. The summed E-state index contributed by atoms with van der Waals surface area (Å²) < 4.78 is 84.8. The fraction of sp³-hybridized carbons (Fsp3) is 1.00. The van der Waals surface area contributed by atoms with E-state index >= 15 is 0 Å². The Morgan fingerprint density at radius 2 is 0.400 bits per heavy atom. The molecule has 0 aliphatic carbocycles. The molecular formula is C32H86O13Si10. The quantitative estimate of drug-likeness (QED) is 0.0596. The maximum Gasteiger partial charge on any atom is 0.500 e. The van der Waals surface area contributed by atoms with Crippen LogP contribution in [0.3, 0.4) is 0 Å². The predicted octanol–water partition coefficient (Wildman–Crippen LogP) is 9.82. The molecule has 0 aliphatic heterocycles. The number of hydrogen-bond donors (Lipinski definition) is 0. The molecule has 23 heteroatoms. The van der Waals surface area contributed by atoms with Crippen LogP contribution in [0.1, 0.15) is 41.5 Å². The molecule has 0 fully saturated rings. The molecule has 0 radical (unpaired) electrons. The van der Waals surface area contributed by atoms with E-state index in [1.54, 1.807) is 0 Å². The fourth-order valence-electron chi connectivity index (χ4n) is 7.43. The molecule has 0 aromatic rings. The zero-order chi connectivity index (χ0) is 43.3. The van der Waals surface area contributed by atoms with Crippen molar-refractivity contribution in [2.75, 3.05) is 39.6 Å². The van der Waals surface area contributed by atoms with Crippen LogP contribution in [0.15, 0.2) is 0 Å². The molecule has 55 heavy (non-hydrogen) atoms. The Labute approximate surface area is 349 Å². The summed E-state index contributed by atoms with van der Waals surface area (Å²) in [6.45, 7) is 49.4. The van der Waals surface area contributed by atoms with Gasteiger partial charge in [0.15, 0.2) is 16.6 Å². The predicted molar refractivity (Wildman–Crippen MR) is 248 cm³/mol. The lowest BCUT2D eigenvalue weighted by atomic mass is 10.9. The normalized spacial score (nSPS) is 14.9. The highest BCUT2D eigenvalue weighted by atomic mass is 28.5. The van der Waals surface area contributed by atoms with Crippen LogP contribution in [0, 0.1) is 0 Å². The maximum atomic E-state index is 6.91. The maximum absolute atomic E-state index is 6.91. The summed E-state index contributed by atoms with van der Waals surface area (Å²) in [4.78, 5) is 0. The van der Waals surface area contributed by atoms with Crippen LogP contribution in [0.2, 0.25) is 129 Å². The molecule has 0 aromatic heterocycles. The second-order valence-corrected chi connectivity index (χ2v) is 53.6. The van der Waals surface area contributed by atoms with E-state index in [9.17, 15) is 0 Å². The largest absolute Gasteiger partial charge is 0.500 e. The zero-order valence-corrected chi connectivity index (χ0v) is 49.4. The molecule has 13 nitrogen and oxygen atoms in total. The number of rotatable bonds is 32. The van der Waals surface area contributed by atoms with Crippen molar-refractivity contribution in [3.05, 3.63) is 0 Å². The lowest BCUT2D eigenvalue weighted by molar-refractivity contribution is 0.0715. The van der Waals surface area contributed by atoms with Crippen LogP contribution < -0.4 is 0 Å². The van der Waals surface area contributed by atoms with Gasteiger partial charge >= 0.3 is 69.0 Å². The zero-order valence-electron chi connectivity index (χ0n) is 39.4. The van der Waals surface area contributed by atoms with Crippen LogP contribution in [0.25, 0.3) is 0 Å². The lowest BCUT2D eigenvalue weighted by Crippen LogP contribution is -2.61. The van der Waals surface area contributed by atoms with Crippen molar-refractivity contribution in [3.8, 4) is 0 Å². The van der Waals surface area contributed by atoms with Crippen molar-refractivity contribution in [1.29, 1.82) is 0 Å². The summed E-state index contributed by atoms with van der Waals surface area (Å²) in [5, 5.41) is 0. The summed E-state index contributed by atoms with van der Waals surface area (Å²) in [6, 6.07) is 3.16. The summed E-state index contributed by atoms with van der Waals surface area (Å²) in [5.41, 5.74) is 0. The minimum absolute atomic E-state index is 0.561. The van der Waals surface area contributed by atoms with E-state index < -0.39 is 85.6 Å². The first-order chi connectivity index (χ1) is 24.7. The van der Waals surface area contributed by atoms with Gasteiger partial charge in [0, 0.05) is 51.7 Å². The highest BCUT2D eigenvalue weighted by molar-refractivity contribution is 6.92. The molecule has 0 aliphatic rings. The molecule has 0 amide bonds. The molecule has 0 atom stereocenters. The van der Waals surface area contributed by atoms with Crippen molar-refractivity contribution in [2.45, 2.75) is 170 Å². The van der Waals surface area contributed by atoms with Crippen LogP contribution in [-0.4, -0.2) is 125 Å². The molecule has 0 rings (SSSR count). The van der Waals surface area contributed by atoms with Gasteiger partial charge in [-0.15, -0.1) is 0 Å². The molecule has 0 spiro atoms. The van der Waals surface area contributed by atoms with Gasteiger partial charge in [0.25, 0.3) is 0 Å². The number of hydrogen-bond acceptors (Lipinski definition) is 13. The van der Waals surface area contributed by atoms with E-state index in [2.05, 4.69) is 105 Å². The molecule has 0 bridgehead atoms. The summed E-state index contributed by atoms with van der Waals surface area (Å²) >= 11 is 0. The first kappa shape index (κ1) is 56.6. The molecule has 0 unspecified atom stereocenters. The third-order valence-corrected chi connectivity index (χ3v) is 45.8. The fourth-order valence-corrected chi connectivity index (χ4v) is 57.1. The molecule has 0 N–H and O–H groups in total. The Morgan fingerprint density at radius 1 is 0.236 bits per heavy atom. The van der Waals surface area contributed by atoms with E-state index in [1.165, 1.54) is 0 Å². The highest BCUT2D eigenvalue weighted by Gasteiger charge is 2.51. The first-order valence-corrected chi connectivity index (χ1v) is 47.5. The van der Waals surface area contributed by atoms with E-state index in [0.29, 0.717) is 39.6 Å². The van der Waals surface area contributed by atoms with E-state index in [4.69, 9.17) is 55.4 Å². The summed E-state index contributed by atoms with van der Waals surface area (Å²) in [6.07, 6.45) is 0. The first-order valence-electron chi connectivity index (χ1n) is 20.5. The van der Waals surface area contributed by atoms with Gasteiger partial charge < -0.3 is 55.4 Å². The summed E-state index contributed by atoms with van der Waals surface area (Å²) in [5.74, 6) is 0. The average molecular weight is 960 g/mol. The smallest absolute Gasteiger partial charge is 0.436 e. The van der Waals surface area contributed by atoms with Crippen LogP contribution in [0.4, 0.5) is 0 Å². The van der Waals surface area contributed by atoms with E-state index in [-0.39, 0.29) is 0 Å². The molecule has 0 saturated heterocycles. The van der Waals surface area contributed by atoms with Crippen molar-refractivity contribution >= 4 is 85.6 Å². The van der Waals surface area contributed by atoms with Gasteiger partial charge in [0.2, 0.25) is 0 Å². The van der Waals surface area contributed by atoms with Crippen LogP contribution in [0.5, 0.6) is 0 Å². The minimum atomic E-state index is -2.77. The summed E-state index contributed by atoms with van der Waals surface area (Å²) in [7, 11) is -25.9. The van der Waals surface area contributed by atoms with Gasteiger partial charge in [-0.2, -0.15) is 0 Å². The third-order valence-electron chi connectivity index (χ3n) is 7.75. The highest BCUT2D eigenvalue weighted by Crippen LogP contribution is 2.33. The van der Waals surface area contributed by atoms with Gasteiger partial charge in [-0.05, 0) is 158 Å². The lowest BCUT2D eigenvalue weighted by Gasteiger charge is -2.44. The van der Waals surface area contributed by atoms with Crippen molar-refractivity contribution in [1.82, 2.24) is 0 Å². The molecule has 0 heterocycles. The Kier molecular flexibility index (Phi) is 23.9. The molecule has 332 valence electrons. The molecule has 0 saturated carbocycles. The third kappa shape index (κ3) is 24.0. The van der Waals surface area contributed by atoms with Gasteiger partial charge in [0.1, 0.15) is 0 Å². The van der Waals surface area contributed by atoms with Crippen molar-refractivity contribution in [2.24, 2.45) is 0 Å². The second kappa shape index (κ2) is 23.2. The second-order valence-electron chi connectivity index (χ2n) is 17.6. The molecule has 0 aromatic carbocycles. The van der Waals surface area contributed by atoms with Gasteiger partial charge in [-0.3, -0.25) is 0 Å². The van der Waals surface area contributed by atoms with Gasteiger partial charge in [0.05, 0.1) is 0 Å². The standard InChI is InChI=1S/C32H86O13Si10/c1-23-33-54(34-24-2,35-25-3)31-29-46(7,8)39-48(11,12)41-50(15,16)43-52(19,20)45-53(21,22)44-51(17,18)42-49(13,14)40-47(9,10)30-32-55(36-26-4,37-27-5)38-28-6/h23-32H2,1-22H3. The van der Waals surface area contributed by atoms with Gasteiger partial charge in [-0.1, -0.05) is 0 Å². The molecular weight excluding hydrogens is 873 g/mol.